The smallest absolute Gasteiger partial charge is 0.307 e. The monoisotopic (exact) mass is 248 g/mol. The fraction of sp³-hybridized carbons (Fsp3) is 0.400. The first-order chi connectivity index (χ1) is 8.51. The Morgan fingerprint density at radius 1 is 1.33 bits per heavy atom. The number of allylic oxidation sites excluding steroid dienone is 1. The van der Waals surface area contributed by atoms with Gasteiger partial charge in [-0.25, -0.2) is 0 Å². The van der Waals surface area contributed by atoms with Crippen molar-refractivity contribution in [3.63, 3.8) is 0 Å². The first-order valence-corrected chi connectivity index (χ1v) is 6.06. The van der Waals surface area contributed by atoms with E-state index >= 15 is 0 Å². The van der Waals surface area contributed by atoms with Gasteiger partial charge in [0, 0.05) is 0 Å². The lowest BCUT2D eigenvalue weighted by molar-refractivity contribution is -0.135. The maximum Gasteiger partial charge on any atom is 0.307 e. The molecule has 0 heterocycles. The quantitative estimate of drug-likeness (QED) is 0.866. The van der Waals surface area contributed by atoms with E-state index in [4.69, 9.17) is 9.84 Å². The van der Waals surface area contributed by atoms with E-state index in [1.54, 1.807) is 13.2 Å². The zero-order valence-electron chi connectivity index (χ0n) is 11.4. The number of ether oxygens (including phenoxy) is 1. The molecule has 1 aromatic rings. The summed E-state index contributed by atoms with van der Waals surface area (Å²) in [6.07, 6.45) is 2.67. The lowest BCUT2D eigenvalue weighted by atomic mass is 9.94. The van der Waals surface area contributed by atoms with Crippen LogP contribution in [0.3, 0.4) is 0 Å². The van der Waals surface area contributed by atoms with Crippen LogP contribution in [0.4, 0.5) is 0 Å². The summed E-state index contributed by atoms with van der Waals surface area (Å²) in [4.78, 5) is 10.6. The summed E-state index contributed by atoms with van der Waals surface area (Å²) in [6, 6.07) is 3.93. The van der Waals surface area contributed by atoms with Gasteiger partial charge in [0.05, 0.1) is 13.5 Å². The van der Waals surface area contributed by atoms with Crippen LogP contribution in [0.25, 0.3) is 5.57 Å². The highest BCUT2D eigenvalue weighted by Gasteiger charge is 2.09. The largest absolute Gasteiger partial charge is 0.496 e. The predicted molar refractivity (Wildman–Crippen MR) is 73.0 cm³/mol. The van der Waals surface area contributed by atoms with Gasteiger partial charge in [0.25, 0.3) is 0 Å². The molecule has 0 saturated heterocycles. The second-order valence-corrected chi connectivity index (χ2v) is 4.25. The number of hydrogen-bond acceptors (Lipinski definition) is 2. The lowest BCUT2D eigenvalue weighted by Crippen LogP contribution is -1.97. The van der Waals surface area contributed by atoms with Gasteiger partial charge in [0.15, 0.2) is 0 Å². The lowest BCUT2D eigenvalue weighted by Gasteiger charge is -2.14. The van der Waals surface area contributed by atoms with Crippen molar-refractivity contribution >= 4 is 11.5 Å². The van der Waals surface area contributed by atoms with E-state index in [0.717, 1.165) is 34.4 Å². The van der Waals surface area contributed by atoms with Gasteiger partial charge < -0.3 is 9.84 Å². The van der Waals surface area contributed by atoms with Gasteiger partial charge in [-0.2, -0.15) is 0 Å². The molecular weight excluding hydrogens is 228 g/mol. The fourth-order valence-electron chi connectivity index (χ4n) is 2.02. The SMILES string of the molecule is CC/C(=C\CC(=O)O)c1ccc(OC)c(C)c1C. The first kappa shape index (κ1) is 14.3. The van der Waals surface area contributed by atoms with Crippen LogP contribution >= 0.6 is 0 Å². The molecule has 98 valence electrons. The number of benzene rings is 1. The van der Waals surface area contributed by atoms with Gasteiger partial charge in [-0.1, -0.05) is 19.1 Å². The van der Waals surface area contributed by atoms with Crippen LogP contribution in [-0.2, 0) is 4.79 Å². The standard InChI is InChI=1S/C15H20O3/c1-5-12(6-9-15(16)17)13-7-8-14(18-4)11(3)10(13)2/h6-8H,5,9H2,1-4H3,(H,16,17)/b12-6+. The Morgan fingerprint density at radius 3 is 2.50 bits per heavy atom. The van der Waals surface area contributed by atoms with Gasteiger partial charge in [0.1, 0.15) is 5.75 Å². The van der Waals surface area contributed by atoms with E-state index in [2.05, 4.69) is 0 Å². The third kappa shape index (κ3) is 3.13. The van der Waals surface area contributed by atoms with Gasteiger partial charge >= 0.3 is 5.97 Å². The van der Waals surface area contributed by atoms with Gasteiger partial charge in [0.2, 0.25) is 0 Å². The van der Waals surface area contributed by atoms with Gasteiger partial charge in [-0.05, 0) is 48.6 Å². The summed E-state index contributed by atoms with van der Waals surface area (Å²) in [6.45, 7) is 6.09. The fourth-order valence-corrected chi connectivity index (χ4v) is 2.02. The van der Waals surface area contributed by atoms with Crippen molar-refractivity contribution in [2.45, 2.75) is 33.6 Å². The van der Waals surface area contributed by atoms with Crippen molar-refractivity contribution in [3.8, 4) is 5.75 Å². The van der Waals surface area contributed by atoms with Crippen molar-refractivity contribution in [1.29, 1.82) is 0 Å². The zero-order chi connectivity index (χ0) is 13.7. The van der Waals surface area contributed by atoms with Crippen LogP contribution in [0.1, 0.15) is 36.5 Å². The summed E-state index contributed by atoms with van der Waals surface area (Å²) in [5.41, 5.74) is 4.43. The van der Waals surface area contributed by atoms with Crippen LogP contribution in [-0.4, -0.2) is 18.2 Å². The van der Waals surface area contributed by atoms with Gasteiger partial charge in [-0.3, -0.25) is 4.79 Å². The van der Waals surface area contributed by atoms with Crippen LogP contribution < -0.4 is 4.74 Å². The Bertz CT molecular complexity index is 473. The summed E-state index contributed by atoms with van der Waals surface area (Å²) >= 11 is 0. The Balaban J connectivity index is 3.19. The molecule has 0 amide bonds. The number of hydrogen-bond donors (Lipinski definition) is 1. The average Bonchev–Trinajstić information content (AvgIpc) is 2.34. The Kier molecular flexibility index (Phi) is 4.95. The molecule has 0 bridgehead atoms. The van der Waals surface area contributed by atoms with Crippen LogP contribution in [0.5, 0.6) is 5.75 Å². The third-order valence-electron chi connectivity index (χ3n) is 3.21. The Hall–Kier alpha value is -1.77. The molecule has 0 fully saturated rings. The minimum atomic E-state index is -0.802. The first-order valence-electron chi connectivity index (χ1n) is 6.06. The van der Waals surface area contributed by atoms with E-state index in [9.17, 15) is 4.79 Å². The van der Waals surface area contributed by atoms with E-state index in [-0.39, 0.29) is 6.42 Å². The normalized spacial score (nSPS) is 11.4. The van der Waals surface area contributed by atoms with Crippen LogP contribution in [0.2, 0.25) is 0 Å². The van der Waals surface area contributed by atoms with Crippen molar-refractivity contribution in [2.24, 2.45) is 0 Å². The summed E-state index contributed by atoms with van der Waals surface area (Å²) in [5.74, 6) is 0.0637. The van der Waals surface area contributed by atoms with Crippen molar-refractivity contribution < 1.29 is 14.6 Å². The molecule has 0 aromatic heterocycles. The number of carboxylic acids is 1. The molecule has 0 aliphatic rings. The summed E-state index contributed by atoms with van der Waals surface area (Å²) in [5, 5.41) is 8.75. The predicted octanol–water partition coefficient (Wildman–Crippen LogP) is 3.58. The molecule has 0 aliphatic carbocycles. The van der Waals surface area contributed by atoms with Crippen LogP contribution in [0.15, 0.2) is 18.2 Å². The maximum atomic E-state index is 10.6. The molecule has 1 rings (SSSR count). The van der Waals surface area contributed by atoms with Crippen molar-refractivity contribution in [3.05, 3.63) is 34.9 Å². The molecule has 18 heavy (non-hydrogen) atoms. The molecule has 1 aromatic carbocycles. The van der Waals surface area contributed by atoms with E-state index in [0.29, 0.717) is 0 Å². The number of methoxy groups -OCH3 is 1. The molecule has 0 atom stereocenters. The Morgan fingerprint density at radius 2 is 2.00 bits per heavy atom. The molecule has 1 N–H and O–H groups in total. The number of rotatable bonds is 5. The minimum absolute atomic E-state index is 0.0632. The molecule has 0 radical (unpaired) electrons. The van der Waals surface area contributed by atoms with Crippen LogP contribution in [0, 0.1) is 13.8 Å². The summed E-state index contributed by atoms with van der Waals surface area (Å²) in [7, 11) is 1.66. The molecule has 0 spiro atoms. The highest BCUT2D eigenvalue weighted by atomic mass is 16.5. The summed E-state index contributed by atoms with van der Waals surface area (Å²) < 4.78 is 5.28. The Labute approximate surface area is 108 Å². The van der Waals surface area contributed by atoms with E-state index < -0.39 is 5.97 Å². The van der Waals surface area contributed by atoms with Crippen molar-refractivity contribution in [1.82, 2.24) is 0 Å². The number of carboxylic acid groups (broad SMARTS) is 1. The second kappa shape index (κ2) is 6.24. The number of aliphatic carboxylic acids is 1. The highest BCUT2D eigenvalue weighted by molar-refractivity contribution is 5.76. The zero-order valence-corrected chi connectivity index (χ0v) is 11.4. The molecule has 3 heteroatoms. The highest BCUT2D eigenvalue weighted by Crippen LogP contribution is 2.29. The molecular formula is C15H20O3. The topological polar surface area (TPSA) is 46.5 Å². The van der Waals surface area contributed by atoms with Gasteiger partial charge in [-0.15, -0.1) is 0 Å². The van der Waals surface area contributed by atoms with E-state index in [1.165, 1.54) is 0 Å². The molecule has 3 nitrogen and oxygen atoms in total. The third-order valence-corrected chi connectivity index (χ3v) is 3.21. The molecule has 0 saturated carbocycles. The maximum absolute atomic E-state index is 10.6. The minimum Gasteiger partial charge on any atom is -0.496 e. The molecule has 0 unspecified atom stereocenters. The van der Waals surface area contributed by atoms with E-state index in [1.807, 2.05) is 32.9 Å². The second-order valence-electron chi connectivity index (χ2n) is 4.25. The average molecular weight is 248 g/mol. The molecule has 0 aliphatic heterocycles. The van der Waals surface area contributed by atoms with Crippen molar-refractivity contribution in [2.75, 3.05) is 7.11 Å². The number of carbonyl (C=O) groups is 1.